The van der Waals surface area contributed by atoms with Gasteiger partial charge in [0.2, 0.25) is 5.91 Å². The number of anilines is 1. The highest BCUT2D eigenvalue weighted by atomic mass is 19.1. The number of carboxylic acid groups (broad SMARTS) is 1. The van der Waals surface area contributed by atoms with Crippen molar-refractivity contribution in [3.8, 4) is 0 Å². The van der Waals surface area contributed by atoms with Crippen LogP contribution in [-0.2, 0) is 22.4 Å². The van der Waals surface area contributed by atoms with Gasteiger partial charge in [0, 0.05) is 5.69 Å². The highest BCUT2D eigenvalue weighted by Crippen LogP contribution is 2.16. The number of aliphatic carboxylic acids is 1. The van der Waals surface area contributed by atoms with Gasteiger partial charge in [0.05, 0.1) is 12.8 Å². The number of carbonyl (C=O) groups is 2. The summed E-state index contributed by atoms with van der Waals surface area (Å²) in [4.78, 5) is 22.7. The number of nitrogens with one attached hydrogen (secondary N) is 1. The van der Waals surface area contributed by atoms with E-state index < -0.39 is 11.8 Å². The Kier molecular flexibility index (Phi) is 4.66. The molecule has 0 bridgehead atoms. The third kappa shape index (κ3) is 4.42. The Morgan fingerprint density at radius 2 is 1.81 bits per heavy atom. The molecule has 4 nitrogen and oxygen atoms in total. The molecule has 0 aliphatic rings. The number of benzene rings is 2. The lowest BCUT2D eigenvalue weighted by atomic mass is 10.1. The maximum Gasteiger partial charge on any atom is 0.307 e. The van der Waals surface area contributed by atoms with E-state index in [0.717, 1.165) is 0 Å². The van der Waals surface area contributed by atoms with Gasteiger partial charge < -0.3 is 10.4 Å². The summed E-state index contributed by atoms with van der Waals surface area (Å²) in [6.45, 7) is 0. The molecule has 0 aliphatic carbocycles. The molecule has 0 saturated carbocycles. The number of carbonyl (C=O) groups excluding carboxylic acids is 1. The maximum absolute atomic E-state index is 13.1. The van der Waals surface area contributed by atoms with E-state index in [1.165, 1.54) is 18.2 Å². The van der Waals surface area contributed by atoms with E-state index in [1.54, 1.807) is 30.3 Å². The number of para-hydroxylation sites is 1. The van der Waals surface area contributed by atoms with Crippen LogP contribution in [0.25, 0.3) is 0 Å². The summed E-state index contributed by atoms with van der Waals surface area (Å²) >= 11 is 0. The third-order valence-electron chi connectivity index (χ3n) is 2.89. The molecule has 0 heterocycles. The molecule has 2 aromatic carbocycles. The van der Waals surface area contributed by atoms with Crippen LogP contribution in [0, 0.1) is 5.82 Å². The van der Waals surface area contributed by atoms with E-state index >= 15 is 0 Å². The van der Waals surface area contributed by atoms with Crippen LogP contribution in [0.4, 0.5) is 10.1 Å². The van der Waals surface area contributed by atoms with Gasteiger partial charge in [0.25, 0.3) is 0 Å². The van der Waals surface area contributed by atoms with Crippen molar-refractivity contribution in [2.24, 2.45) is 0 Å². The Hall–Kier alpha value is -2.69. The lowest BCUT2D eigenvalue weighted by Gasteiger charge is -2.09. The second kappa shape index (κ2) is 6.65. The standard InChI is InChI=1S/C16H14FNO3/c17-13-6-3-4-11(8-13)9-15(19)18-14-7-2-1-5-12(14)10-16(20)21/h1-8H,9-10H2,(H,18,19)(H,20,21). The monoisotopic (exact) mass is 287 g/mol. The van der Waals surface area contributed by atoms with E-state index in [4.69, 9.17) is 5.11 Å². The topological polar surface area (TPSA) is 66.4 Å². The lowest BCUT2D eigenvalue weighted by molar-refractivity contribution is -0.136. The van der Waals surface area contributed by atoms with E-state index in [0.29, 0.717) is 16.8 Å². The van der Waals surface area contributed by atoms with Gasteiger partial charge in [-0.1, -0.05) is 30.3 Å². The van der Waals surface area contributed by atoms with Crippen molar-refractivity contribution >= 4 is 17.6 Å². The Labute approximate surface area is 121 Å². The Bertz CT molecular complexity index is 670. The third-order valence-corrected chi connectivity index (χ3v) is 2.89. The summed E-state index contributed by atoms with van der Waals surface area (Å²) in [5.74, 6) is -1.69. The Morgan fingerprint density at radius 1 is 1.05 bits per heavy atom. The molecule has 0 unspecified atom stereocenters. The van der Waals surface area contributed by atoms with Crippen molar-refractivity contribution in [3.05, 3.63) is 65.5 Å². The van der Waals surface area contributed by atoms with Crippen LogP contribution in [-0.4, -0.2) is 17.0 Å². The second-order valence-electron chi connectivity index (χ2n) is 4.58. The number of hydrogen-bond donors (Lipinski definition) is 2. The average molecular weight is 287 g/mol. The van der Waals surface area contributed by atoms with Crippen LogP contribution >= 0.6 is 0 Å². The van der Waals surface area contributed by atoms with E-state index in [2.05, 4.69) is 5.32 Å². The molecular weight excluding hydrogens is 273 g/mol. The average Bonchev–Trinajstić information content (AvgIpc) is 2.40. The smallest absolute Gasteiger partial charge is 0.307 e. The van der Waals surface area contributed by atoms with Gasteiger partial charge in [0.15, 0.2) is 0 Å². The molecule has 0 spiro atoms. The number of rotatable bonds is 5. The highest BCUT2D eigenvalue weighted by molar-refractivity contribution is 5.93. The summed E-state index contributed by atoms with van der Waals surface area (Å²) in [5, 5.41) is 11.5. The summed E-state index contributed by atoms with van der Waals surface area (Å²) in [5.41, 5.74) is 1.54. The van der Waals surface area contributed by atoms with E-state index in [-0.39, 0.29) is 18.7 Å². The molecule has 108 valence electrons. The Morgan fingerprint density at radius 3 is 2.52 bits per heavy atom. The van der Waals surface area contributed by atoms with Gasteiger partial charge in [-0.25, -0.2) is 4.39 Å². The van der Waals surface area contributed by atoms with Crippen LogP contribution in [0.3, 0.4) is 0 Å². The second-order valence-corrected chi connectivity index (χ2v) is 4.58. The van der Waals surface area contributed by atoms with Crippen LogP contribution in [0.1, 0.15) is 11.1 Å². The minimum Gasteiger partial charge on any atom is -0.481 e. The van der Waals surface area contributed by atoms with Crippen molar-refractivity contribution < 1.29 is 19.1 Å². The zero-order valence-corrected chi connectivity index (χ0v) is 11.2. The molecule has 21 heavy (non-hydrogen) atoms. The number of carboxylic acids is 1. The lowest BCUT2D eigenvalue weighted by Crippen LogP contribution is -2.16. The fourth-order valence-electron chi connectivity index (χ4n) is 1.99. The van der Waals surface area contributed by atoms with Crippen molar-refractivity contribution in [1.29, 1.82) is 0 Å². The predicted octanol–water partition coefficient (Wildman–Crippen LogP) is 2.63. The molecule has 0 aromatic heterocycles. The largest absolute Gasteiger partial charge is 0.481 e. The fraction of sp³-hybridized carbons (Fsp3) is 0.125. The van der Waals surface area contributed by atoms with Crippen LogP contribution < -0.4 is 5.32 Å². The van der Waals surface area contributed by atoms with Gasteiger partial charge in [-0.05, 0) is 29.3 Å². The summed E-state index contributed by atoms with van der Waals surface area (Å²) < 4.78 is 13.1. The molecular formula is C16H14FNO3. The highest BCUT2D eigenvalue weighted by Gasteiger charge is 2.10. The molecule has 2 N–H and O–H groups in total. The van der Waals surface area contributed by atoms with Crippen molar-refractivity contribution in [3.63, 3.8) is 0 Å². The van der Waals surface area contributed by atoms with Crippen molar-refractivity contribution in [1.82, 2.24) is 0 Å². The molecule has 0 atom stereocenters. The molecule has 0 saturated heterocycles. The van der Waals surface area contributed by atoms with Crippen LogP contribution in [0.5, 0.6) is 0 Å². The zero-order valence-electron chi connectivity index (χ0n) is 11.2. The van der Waals surface area contributed by atoms with Gasteiger partial charge in [0.1, 0.15) is 5.82 Å². The van der Waals surface area contributed by atoms with Crippen molar-refractivity contribution in [2.45, 2.75) is 12.8 Å². The molecule has 0 radical (unpaired) electrons. The first-order chi connectivity index (χ1) is 10.0. The van der Waals surface area contributed by atoms with Crippen LogP contribution in [0.15, 0.2) is 48.5 Å². The summed E-state index contributed by atoms with van der Waals surface area (Å²) in [7, 11) is 0. The number of amides is 1. The molecule has 0 fully saturated rings. The first-order valence-electron chi connectivity index (χ1n) is 6.38. The van der Waals surface area contributed by atoms with Gasteiger partial charge >= 0.3 is 5.97 Å². The minimum absolute atomic E-state index is 0.0270. The molecule has 2 rings (SSSR count). The summed E-state index contributed by atoms with van der Waals surface area (Å²) in [6.07, 6.45) is -0.143. The quantitative estimate of drug-likeness (QED) is 0.888. The minimum atomic E-state index is -0.971. The molecule has 2 aromatic rings. The van der Waals surface area contributed by atoms with E-state index in [9.17, 15) is 14.0 Å². The SMILES string of the molecule is O=C(O)Cc1ccccc1NC(=O)Cc1cccc(F)c1. The first kappa shape index (κ1) is 14.7. The van der Waals surface area contributed by atoms with E-state index in [1.807, 2.05) is 0 Å². The summed E-state index contributed by atoms with van der Waals surface area (Å²) in [6, 6.07) is 12.5. The first-order valence-corrected chi connectivity index (χ1v) is 6.38. The van der Waals surface area contributed by atoms with Gasteiger partial charge in [-0.2, -0.15) is 0 Å². The number of hydrogen-bond acceptors (Lipinski definition) is 2. The Balaban J connectivity index is 2.07. The molecule has 5 heteroatoms. The molecule has 0 aliphatic heterocycles. The van der Waals surface area contributed by atoms with Crippen molar-refractivity contribution in [2.75, 3.05) is 5.32 Å². The van der Waals surface area contributed by atoms with Gasteiger partial charge in [-0.15, -0.1) is 0 Å². The van der Waals surface area contributed by atoms with Gasteiger partial charge in [-0.3, -0.25) is 9.59 Å². The molecule has 1 amide bonds. The fourth-order valence-corrected chi connectivity index (χ4v) is 1.99. The number of halogens is 1. The predicted molar refractivity (Wildman–Crippen MR) is 76.5 cm³/mol. The zero-order chi connectivity index (χ0) is 15.2. The van der Waals surface area contributed by atoms with Crippen LogP contribution in [0.2, 0.25) is 0 Å². The normalized spacial score (nSPS) is 10.1. The maximum atomic E-state index is 13.1.